The number of nitrogens with one attached hydrogen (secondary N) is 1. The third-order valence-corrected chi connectivity index (χ3v) is 3.76. The molecule has 0 radical (unpaired) electrons. The van der Waals surface area contributed by atoms with Crippen LogP contribution in [-0.2, 0) is 0 Å². The second-order valence-electron chi connectivity index (χ2n) is 6.08. The molecular weight excluding hydrogens is 236 g/mol. The van der Waals surface area contributed by atoms with Crippen LogP contribution in [0.4, 0.5) is 11.6 Å². The van der Waals surface area contributed by atoms with Gasteiger partial charge in [0.15, 0.2) is 0 Å². The lowest BCUT2D eigenvalue weighted by Gasteiger charge is -2.28. The normalized spacial score (nSPS) is 16.5. The van der Waals surface area contributed by atoms with Crippen LogP contribution in [0.25, 0.3) is 0 Å². The average Bonchev–Trinajstić information content (AvgIpc) is 3.20. The van der Waals surface area contributed by atoms with E-state index < -0.39 is 0 Å². The van der Waals surface area contributed by atoms with Gasteiger partial charge in [-0.05, 0) is 32.1 Å². The first-order valence-corrected chi connectivity index (χ1v) is 7.30. The lowest BCUT2D eigenvalue weighted by molar-refractivity contribution is 0.501. The van der Waals surface area contributed by atoms with E-state index in [4.69, 9.17) is 4.98 Å². The van der Waals surface area contributed by atoms with Gasteiger partial charge in [0, 0.05) is 32.1 Å². The van der Waals surface area contributed by atoms with Gasteiger partial charge in [-0.2, -0.15) is 0 Å². The maximum absolute atomic E-state index is 4.75. The van der Waals surface area contributed by atoms with E-state index in [1.807, 2.05) is 13.1 Å². The molecular formula is C15H26N4. The number of rotatable bonds is 6. The monoisotopic (exact) mass is 262 g/mol. The first-order valence-electron chi connectivity index (χ1n) is 7.30. The van der Waals surface area contributed by atoms with E-state index in [9.17, 15) is 0 Å². The summed E-state index contributed by atoms with van der Waals surface area (Å²) in [4.78, 5) is 11.6. The van der Waals surface area contributed by atoms with E-state index in [1.54, 1.807) is 0 Å². The standard InChI is InChI=1S/C15H26N4/c1-10(2)8-11(3)19(5)14-9-13(16-4)17-15(18-14)12-6-7-12/h9-12H,6-8H2,1-5H3,(H,16,17,18). The summed E-state index contributed by atoms with van der Waals surface area (Å²) in [5.41, 5.74) is 0. The molecule has 4 nitrogen and oxygen atoms in total. The molecule has 1 N–H and O–H groups in total. The van der Waals surface area contributed by atoms with Crippen LogP contribution < -0.4 is 10.2 Å². The topological polar surface area (TPSA) is 41.0 Å². The van der Waals surface area contributed by atoms with Gasteiger partial charge in [-0.3, -0.25) is 0 Å². The minimum absolute atomic E-state index is 0.492. The minimum atomic E-state index is 0.492. The lowest BCUT2D eigenvalue weighted by atomic mass is 10.0. The quantitative estimate of drug-likeness (QED) is 0.854. The minimum Gasteiger partial charge on any atom is -0.373 e. The first-order chi connectivity index (χ1) is 9.01. The van der Waals surface area contributed by atoms with Crippen molar-refractivity contribution < 1.29 is 0 Å². The molecule has 1 aliphatic carbocycles. The van der Waals surface area contributed by atoms with Crippen molar-refractivity contribution >= 4 is 11.6 Å². The molecule has 0 bridgehead atoms. The van der Waals surface area contributed by atoms with Gasteiger partial charge in [0.2, 0.25) is 0 Å². The molecule has 4 heteroatoms. The first kappa shape index (κ1) is 14.1. The zero-order valence-electron chi connectivity index (χ0n) is 12.8. The highest BCUT2D eigenvalue weighted by Gasteiger charge is 2.28. The Balaban J connectivity index is 2.19. The number of hydrogen-bond acceptors (Lipinski definition) is 4. The number of hydrogen-bond donors (Lipinski definition) is 1. The zero-order valence-corrected chi connectivity index (χ0v) is 12.8. The highest BCUT2D eigenvalue weighted by atomic mass is 15.2. The molecule has 0 aromatic carbocycles. The van der Waals surface area contributed by atoms with E-state index >= 15 is 0 Å². The molecule has 1 fully saturated rings. The molecule has 106 valence electrons. The summed E-state index contributed by atoms with van der Waals surface area (Å²) in [6, 6.07) is 2.54. The van der Waals surface area contributed by atoms with Gasteiger partial charge in [-0.1, -0.05) is 13.8 Å². The fourth-order valence-corrected chi connectivity index (χ4v) is 2.35. The maximum Gasteiger partial charge on any atom is 0.136 e. The zero-order chi connectivity index (χ0) is 14.0. The van der Waals surface area contributed by atoms with E-state index in [-0.39, 0.29) is 0 Å². The van der Waals surface area contributed by atoms with Gasteiger partial charge in [0.1, 0.15) is 17.5 Å². The molecule has 0 spiro atoms. The molecule has 1 atom stereocenters. The summed E-state index contributed by atoms with van der Waals surface area (Å²) in [5, 5.41) is 3.15. The van der Waals surface area contributed by atoms with Crippen LogP contribution in [0.5, 0.6) is 0 Å². The van der Waals surface area contributed by atoms with Crippen LogP contribution in [0.2, 0.25) is 0 Å². The Morgan fingerprint density at radius 2 is 2.00 bits per heavy atom. The molecule has 2 rings (SSSR count). The summed E-state index contributed by atoms with van der Waals surface area (Å²) in [5.74, 6) is 4.25. The van der Waals surface area contributed by atoms with E-state index in [0.717, 1.165) is 17.5 Å². The van der Waals surface area contributed by atoms with Gasteiger partial charge in [0.05, 0.1) is 0 Å². The molecule has 19 heavy (non-hydrogen) atoms. The van der Waals surface area contributed by atoms with Crippen molar-refractivity contribution in [2.45, 2.75) is 52.0 Å². The molecule has 1 unspecified atom stereocenters. The Kier molecular flexibility index (Phi) is 4.27. The van der Waals surface area contributed by atoms with Crippen molar-refractivity contribution in [1.82, 2.24) is 9.97 Å². The number of aromatic nitrogens is 2. The average molecular weight is 262 g/mol. The van der Waals surface area contributed by atoms with Crippen LogP contribution >= 0.6 is 0 Å². The Morgan fingerprint density at radius 3 is 2.53 bits per heavy atom. The van der Waals surface area contributed by atoms with Crippen molar-refractivity contribution in [2.75, 3.05) is 24.3 Å². The third kappa shape index (κ3) is 3.58. The molecule has 1 saturated carbocycles. The van der Waals surface area contributed by atoms with Crippen LogP contribution in [0.3, 0.4) is 0 Å². The van der Waals surface area contributed by atoms with Gasteiger partial charge >= 0.3 is 0 Å². The van der Waals surface area contributed by atoms with Crippen LogP contribution in [-0.4, -0.2) is 30.1 Å². The maximum atomic E-state index is 4.75. The smallest absolute Gasteiger partial charge is 0.136 e. The highest BCUT2D eigenvalue weighted by Crippen LogP contribution is 2.39. The number of nitrogens with zero attached hydrogens (tertiary/aromatic N) is 3. The fraction of sp³-hybridized carbons (Fsp3) is 0.733. The largest absolute Gasteiger partial charge is 0.373 e. The Hall–Kier alpha value is -1.32. The lowest BCUT2D eigenvalue weighted by Crippen LogP contribution is -2.31. The molecule has 0 saturated heterocycles. The van der Waals surface area contributed by atoms with Gasteiger partial charge in [-0.15, -0.1) is 0 Å². The van der Waals surface area contributed by atoms with Crippen molar-refractivity contribution in [3.8, 4) is 0 Å². The Morgan fingerprint density at radius 1 is 1.32 bits per heavy atom. The number of anilines is 2. The van der Waals surface area contributed by atoms with Crippen molar-refractivity contribution in [3.63, 3.8) is 0 Å². The predicted molar refractivity (Wildman–Crippen MR) is 80.9 cm³/mol. The summed E-state index contributed by atoms with van der Waals surface area (Å²) in [6.07, 6.45) is 3.64. The van der Waals surface area contributed by atoms with Gasteiger partial charge < -0.3 is 10.2 Å². The van der Waals surface area contributed by atoms with Crippen molar-refractivity contribution in [1.29, 1.82) is 0 Å². The predicted octanol–water partition coefficient (Wildman–Crippen LogP) is 3.27. The van der Waals surface area contributed by atoms with E-state index in [1.165, 1.54) is 19.3 Å². The molecule has 0 amide bonds. The molecule has 0 aliphatic heterocycles. The highest BCUT2D eigenvalue weighted by molar-refractivity contribution is 5.49. The van der Waals surface area contributed by atoms with Crippen molar-refractivity contribution in [2.24, 2.45) is 5.92 Å². The third-order valence-electron chi connectivity index (χ3n) is 3.76. The Bertz CT molecular complexity index is 426. The van der Waals surface area contributed by atoms with E-state index in [2.05, 4.69) is 43.0 Å². The summed E-state index contributed by atoms with van der Waals surface area (Å²) < 4.78 is 0. The molecule has 1 heterocycles. The van der Waals surface area contributed by atoms with Crippen molar-refractivity contribution in [3.05, 3.63) is 11.9 Å². The van der Waals surface area contributed by atoms with E-state index in [0.29, 0.717) is 17.9 Å². The molecule has 1 aliphatic rings. The summed E-state index contributed by atoms with van der Waals surface area (Å²) >= 11 is 0. The van der Waals surface area contributed by atoms with Gasteiger partial charge in [-0.25, -0.2) is 9.97 Å². The van der Waals surface area contributed by atoms with Crippen LogP contribution in [0.15, 0.2) is 6.07 Å². The molecule has 1 aromatic heterocycles. The summed E-state index contributed by atoms with van der Waals surface area (Å²) in [7, 11) is 4.05. The van der Waals surface area contributed by atoms with Crippen LogP contribution in [0.1, 0.15) is 51.8 Å². The van der Waals surface area contributed by atoms with Crippen LogP contribution in [0, 0.1) is 5.92 Å². The SMILES string of the molecule is CNc1cc(N(C)C(C)CC(C)C)nc(C2CC2)n1. The fourth-order valence-electron chi connectivity index (χ4n) is 2.35. The second-order valence-corrected chi connectivity index (χ2v) is 6.08. The molecule has 1 aromatic rings. The second kappa shape index (κ2) is 5.76. The van der Waals surface area contributed by atoms with Gasteiger partial charge in [0.25, 0.3) is 0 Å². The Labute approximate surface area is 116 Å². The summed E-state index contributed by atoms with van der Waals surface area (Å²) in [6.45, 7) is 6.79.